The lowest BCUT2D eigenvalue weighted by molar-refractivity contribution is -0.136. The Balaban J connectivity index is 2.75. The largest absolute Gasteiger partial charge is 0.418 e. The molecule has 102 valence electrons. The molecule has 0 bridgehead atoms. The predicted octanol–water partition coefficient (Wildman–Crippen LogP) is 3.72. The van der Waals surface area contributed by atoms with Crippen LogP contribution >= 0.6 is 11.6 Å². The Bertz CT molecular complexity index is 391. The maximum absolute atomic E-state index is 12.8. The lowest BCUT2D eigenvalue weighted by Gasteiger charge is -2.16. The molecule has 6 heteroatoms. The van der Waals surface area contributed by atoms with Crippen LogP contribution in [0.3, 0.4) is 0 Å². The van der Waals surface area contributed by atoms with Crippen LogP contribution in [0.25, 0.3) is 0 Å². The highest BCUT2D eigenvalue weighted by Gasteiger charge is 2.34. The number of hydrogen-bond acceptors (Lipinski definition) is 2. The molecule has 0 amide bonds. The van der Waals surface area contributed by atoms with Crippen molar-refractivity contribution in [1.82, 2.24) is 4.90 Å². The monoisotopic (exact) mass is 280 g/mol. The maximum Gasteiger partial charge on any atom is 0.418 e. The molecule has 0 aliphatic carbocycles. The summed E-state index contributed by atoms with van der Waals surface area (Å²) in [6, 6.07) is 3.78. The average molecular weight is 281 g/mol. The zero-order chi connectivity index (χ0) is 13.8. The number of benzene rings is 1. The third-order valence-corrected chi connectivity index (χ3v) is 2.72. The summed E-state index contributed by atoms with van der Waals surface area (Å²) in [5.74, 6) is 0. The number of rotatable bonds is 5. The summed E-state index contributed by atoms with van der Waals surface area (Å²) in [6.45, 7) is 1.25. The summed E-state index contributed by atoms with van der Waals surface area (Å²) >= 11 is 5.80. The Labute approximate surface area is 110 Å². The van der Waals surface area contributed by atoms with Crippen molar-refractivity contribution in [2.24, 2.45) is 0 Å². The van der Waals surface area contributed by atoms with Gasteiger partial charge in [0.05, 0.1) is 16.3 Å². The molecule has 0 spiro atoms. The number of anilines is 1. The number of nitrogens with one attached hydrogen (secondary N) is 1. The third kappa shape index (κ3) is 4.38. The van der Waals surface area contributed by atoms with Crippen molar-refractivity contribution in [3.63, 3.8) is 0 Å². The van der Waals surface area contributed by atoms with Gasteiger partial charge in [-0.2, -0.15) is 13.2 Å². The van der Waals surface area contributed by atoms with Gasteiger partial charge in [0.15, 0.2) is 0 Å². The molecular formula is C12H16ClF3N2. The second-order valence-corrected chi connectivity index (χ2v) is 4.65. The Kier molecular flexibility index (Phi) is 5.28. The van der Waals surface area contributed by atoms with Crippen LogP contribution in [0.2, 0.25) is 5.02 Å². The second kappa shape index (κ2) is 6.29. The van der Waals surface area contributed by atoms with Crippen LogP contribution in [0.4, 0.5) is 18.9 Å². The van der Waals surface area contributed by atoms with Gasteiger partial charge in [0.1, 0.15) is 0 Å². The molecular weight excluding hydrogens is 265 g/mol. The van der Waals surface area contributed by atoms with Gasteiger partial charge < -0.3 is 10.2 Å². The van der Waals surface area contributed by atoms with Crippen LogP contribution in [0, 0.1) is 0 Å². The van der Waals surface area contributed by atoms with Crippen LogP contribution in [-0.2, 0) is 6.18 Å². The summed E-state index contributed by atoms with van der Waals surface area (Å²) < 4.78 is 38.3. The van der Waals surface area contributed by atoms with Crippen LogP contribution < -0.4 is 5.32 Å². The number of halogens is 4. The second-order valence-electron chi connectivity index (χ2n) is 4.24. The van der Waals surface area contributed by atoms with Gasteiger partial charge in [-0.15, -0.1) is 0 Å². The first-order valence-corrected chi connectivity index (χ1v) is 5.94. The van der Waals surface area contributed by atoms with E-state index in [9.17, 15) is 13.2 Å². The summed E-state index contributed by atoms with van der Waals surface area (Å²) in [6.07, 6.45) is -3.65. The molecule has 1 N–H and O–H groups in total. The fraction of sp³-hybridized carbons (Fsp3) is 0.500. The molecule has 0 atom stereocenters. The smallest absolute Gasteiger partial charge is 0.383 e. The minimum absolute atomic E-state index is 0.0366. The first-order chi connectivity index (χ1) is 8.32. The lowest BCUT2D eigenvalue weighted by atomic mass is 10.1. The van der Waals surface area contributed by atoms with Crippen LogP contribution in [0.5, 0.6) is 0 Å². The van der Waals surface area contributed by atoms with E-state index in [2.05, 4.69) is 5.32 Å². The minimum Gasteiger partial charge on any atom is -0.383 e. The SMILES string of the molecule is CN(C)CCCNc1c(Cl)cccc1C(F)(F)F. The Morgan fingerprint density at radius 2 is 1.94 bits per heavy atom. The predicted molar refractivity (Wildman–Crippen MR) is 68.1 cm³/mol. The molecule has 0 unspecified atom stereocenters. The van der Waals surface area contributed by atoms with Gasteiger partial charge in [0.25, 0.3) is 0 Å². The standard InChI is InChI=1S/C12H16ClF3N2/c1-18(2)8-4-7-17-11-9(12(14,15)16)5-3-6-10(11)13/h3,5-6,17H,4,7-8H2,1-2H3. The molecule has 1 rings (SSSR count). The summed E-state index contributed by atoms with van der Waals surface area (Å²) in [5.41, 5.74) is -0.759. The zero-order valence-electron chi connectivity index (χ0n) is 10.3. The van der Waals surface area contributed by atoms with Crippen molar-refractivity contribution in [2.45, 2.75) is 12.6 Å². The third-order valence-electron chi connectivity index (χ3n) is 2.40. The number of hydrogen-bond donors (Lipinski definition) is 1. The fourth-order valence-electron chi connectivity index (χ4n) is 1.55. The van der Waals surface area contributed by atoms with Gasteiger partial charge in [-0.3, -0.25) is 0 Å². The number of nitrogens with zero attached hydrogens (tertiary/aromatic N) is 1. The van der Waals surface area contributed by atoms with Crippen molar-refractivity contribution >= 4 is 17.3 Å². The lowest BCUT2D eigenvalue weighted by Crippen LogP contribution is -2.18. The normalized spacial score (nSPS) is 11.9. The molecule has 1 aromatic rings. The molecule has 2 nitrogen and oxygen atoms in total. The highest BCUT2D eigenvalue weighted by Crippen LogP contribution is 2.38. The molecule has 0 aliphatic rings. The van der Waals surface area contributed by atoms with Gasteiger partial charge in [0.2, 0.25) is 0 Å². The van der Waals surface area contributed by atoms with E-state index in [1.165, 1.54) is 12.1 Å². The maximum atomic E-state index is 12.8. The highest BCUT2D eigenvalue weighted by molar-refractivity contribution is 6.33. The zero-order valence-corrected chi connectivity index (χ0v) is 11.1. The van der Waals surface area contributed by atoms with E-state index in [4.69, 9.17) is 11.6 Å². The Morgan fingerprint density at radius 3 is 2.50 bits per heavy atom. The van der Waals surface area contributed by atoms with Crippen LogP contribution in [0.1, 0.15) is 12.0 Å². The van der Waals surface area contributed by atoms with E-state index in [0.29, 0.717) is 6.54 Å². The van der Waals surface area contributed by atoms with Crippen LogP contribution in [-0.4, -0.2) is 32.1 Å². The van der Waals surface area contributed by atoms with Gasteiger partial charge in [0, 0.05) is 6.54 Å². The molecule has 0 saturated carbocycles. The molecule has 0 aromatic heterocycles. The van der Waals surface area contributed by atoms with Crippen molar-refractivity contribution < 1.29 is 13.2 Å². The molecule has 1 aromatic carbocycles. The van der Waals surface area contributed by atoms with Crippen LogP contribution in [0.15, 0.2) is 18.2 Å². The molecule has 18 heavy (non-hydrogen) atoms. The first-order valence-electron chi connectivity index (χ1n) is 5.56. The summed E-state index contributed by atoms with van der Waals surface area (Å²) in [7, 11) is 3.83. The number of para-hydroxylation sites is 1. The molecule has 0 aliphatic heterocycles. The first kappa shape index (κ1) is 15.1. The van der Waals surface area contributed by atoms with Crippen molar-refractivity contribution in [3.8, 4) is 0 Å². The van der Waals surface area contributed by atoms with E-state index in [0.717, 1.165) is 19.0 Å². The van der Waals surface area contributed by atoms with Gasteiger partial charge in [-0.05, 0) is 39.2 Å². The van der Waals surface area contributed by atoms with Crippen molar-refractivity contribution in [2.75, 3.05) is 32.5 Å². The average Bonchev–Trinajstić information content (AvgIpc) is 2.24. The Morgan fingerprint density at radius 1 is 1.28 bits per heavy atom. The molecule has 0 radical (unpaired) electrons. The fourth-order valence-corrected chi connectivity index (χ4v) is 1.79. The molecule has 0 heterocycles. The molecule has 0 fully saturated rings. The van der Waals surface area contributed by atoms with Gasteiger partial charge >= 0.3 is 6.18 Å². The van der Waals surface area contributed by atoms with Gasteiger partial charge in [-0.1, -0.05) is 17.7 Å². The Hall–Kier alpha value is -0.940. The van der Waals surface area contributed by atoms with E-state index in [1.807, 2.05) is 19.0 Å². The van der Waals surface area contributed by atoms with E-state index >= 15 is 0 Å². The summed E-state index contributed by atoms with van der Waals surface area (Å²) in [4.78, 5) is 1.97. The van der Waals surface area contributed by atoms with Crippen molar-refractivity contribution in [1.29, 1.82) is 0 Å². The van der Waals surface area contributed by atoms with E-state index in [-0.39, 0.29) is 10.7 Å². The van der Waals surface area contributed by atoms with E-state index in [1.54, 1.807) is 0 Å². The molecule has 0 saturated heterocycles. The quantitative estimate of drug-likeness (QED) is 0.827. The minimum atomic E-state index is -4.39. The summed E-state index contributed by atoms with van der Waals surface area (Å²) in [5, 5.41) is 2.86. The highest BCUT2D eigenvalue weighted by atomic mass is 35.5. The topological polar surface area (TPSA) is 15.3 Å². The van der Waals surface area contributed by atoms with Crippen molar-refractivity contribution in [3.05, 3.63) is 28.8 Å². The van der Waals surface area contributed by atoms with E-state index < -0.39 is 11.7 Å². The van der Waals surface area contributed by atoms with Gasteiger partial charge in [-0.25, -0.2) is 0 Å². The number of alkyl halides is 3.